The lowest BCUT2D eigenvalue weighted by Crippen LogP contribution is -2.49. The smallest absolute Gasteiger partial charge is 0.319 e. The number of fused-ring (bicyclic) bond motifs is 6. The van der Waals surface area contributed by atoms with Gasteiger partial charge in [-0.15, -0.1) is 0 Å². The number of piperazine rings is 1. The summed E-state index contributed by atoms with van der Waals surface area (Å²) in [6.45, 7) is 4.78. The molecule has 6 atom stereocenters. The van der Waals surface area contributed by atoms with Crippen molar-refractivity contribution in [2.75, 3.05) is 57.4 Å². The topological polar surface area (TPSA) is 87.2 Å². The number of rotatable bonds is 8. The number of carbonyl (C=O) groups excluding carboxylic acids is 1. The number of halogens is 3. The fraction of sp³-hybridized carbons (Fsp3) is 0.500. The Balaban J connectivity index is 0.958. The molecule has 10 nitrogen and oxygen atoms in total. The van der Waals surface area contributed by atoms with E-state index in [1.54, 1.807) is 18.3 Å². The van der Waals surface area contributed by atoms with Crippen molar-refractivity contribution in [3.63, 3.8) is 0 Å². The van der Waals surface area contributed by atoms with Crippen LogP contribution in [0, 0.1) is 5.82 Å². The molecule has 4 aromatic rings. The average Bonchev–Trinajstić information content (AvgIpc) is 3.72. The van der Waals surface area contributed by atoms with Gasteiger partial charge in [-0.1, -0.05) is 48.0 Å². The maximum absolute atomic E-state index is 16.9. The van der Waals surface area contributed by atoms with Crippen LogP contribution in [0.3, 0.4) is 0 Å². The lowest BCUT2D eigenvalue weighted by Gasteiger charge is -2.35. The van der Waals surface area contributed by atoms with E-state index in [-0.39, 0.29) is 41.8 Å². The van der Waals surface area contributed by atoms with Gasteiger partial charge >= 0.3 is 6.01 Å². The minimum absolute atomic E-state index is 0.0172. The highest BCUT2D eigenvalue weighted by Gasteiger charge is 2.52. The van der Waals surface area contributed by atoms with E-state index in [1.165, 1.54) is 0 Å². The Bertz CT molecular complexity index is 2120. The Kier molecular flexibility index (Phi) is 8.31. The maximum Gasteiger partial charge on any atom is 0.319 e. The van der Waals surface area contributed by atoms with E-state index in [9.17, 15) is 9.18 Å². The minimum Gasteiger partial charge on any atom is -0.461 e. The van der Waals surface area contributed by atoms with Crippen molar-refractivity contribution >= 4 is 45.0 Å². The summed E-state index contributed by atoms with van der Waals surface area (Å²) in [6.07, 6.45) is 9.76. The molecule has 6 fully saturated rings. The van der Waals surface area contributed by atoms with Crippen LogP contribution in [-0.2, 0) is 9.53 Å². The van der Waals surface area contributed by atoms with E-state index in [4.69, 9.17) is 26.1 Å². The second kappa shape index (κ2) is 13.1. The Hall–Kier alpha value is -3.97. The van der Waals surface area contributed by atoms with Crippen LogP contribution in [0.15, 0.2) is 54.7 Å². The number of hydrogen-bond donors (Lipinski definition) is 0. The molecular formula is C40H42ClF2N7O3. The largest absolute Gasteiger partial charge is 0.461 e. The molecule has 10 rings (SSSR count). The Morgan fingerprint density at radius 3 is 2.75 bits per heavy atom. The molecule has 1 saturated carbocycles. The molecule has 1 aliphatic carbocycles. The van der Waals surface area contributed by atoms with Crippen LogP contribution in [0.5, 0.6) is 6.01 Å². The number of pyridine rings is 1. The van der Waals surface area contributed by atoms with Crippen LogP contribution >= 0.6 is 11.6 Å². The SMILES string of the molecule is O=C(/C=C/CN1C2CCC1COC2)N1CCN(c2nc(OC[C@@]34CCCN3C[C@H](F)C4)nc3c(F)c(-c4cccc5cccc(Cl)c45)ncc23)C2CC21. The molecule has 53 heavy (non-hydrogen) atoms. The van der Waals surface area contributed by atoms with Crippen molar-refractivity contribution in [2.45, 2.75) is 74.4 Å². The highest BCUT2D eigenvalue weighted by Crippen LogP contribution is 2.44. The van der Waals surface area contributed by atoms with Crippen LogP contribution in [0.25, 0.3) is 32.9 Å². The summed E-state index contributed by atoms with van der Waals surface area (Å²) in [5.41, 5.74) is 0.395. The molecule has 2 aromatic carbocycles. The van der Waals surface area contributed by atoms with E-state index in [0.717, 1.165) is 63.8 Å². The van der Waals surface area contributed by atoms with Gasteiger partial charge in [0.1, 0.15) is 29.8 Å². The van der Waals surface area contributed by atoms with E-state index >= 15 is 4.39 Å². The van der Waals surface area contributed by atoms with Crippen LogP contribution in [0.1, 0.15) is 38.5 Å². The summed E-state index contributed by atoms with van der Waals surface area (Å²) < 4.78 is 43.6. The second-order valence-electron chi connectivity index (χ2n) is 15.6. The van der Waals surface area contributed by atoms with Crippen LogP contribution in [0.2, 0.25) is 5.02 Å². The fourth-order valence-electron chi connectivity index (χ4n) is 9.94. The summed E-state index contributed by atoms with van der Waals surface area (Å²) in [7, 11) is 0. The van der Waals surface area contributed by atoms with Crippen molar-refractivity contribution in [3.8, 4) is 17.3 Å². The van der Waals surface area contributed by atoms with E-state index in [1.807, 2.05) is 41.3 Å². The van der Waals surface area contributed by atoms with E-state index in [2.05, 4.69) is 24.7 Å². The van der Waals surface area contributed by atoms with Gasteiger partial charge in [-0.05, 0) is 50.1 Å². The molecular weight excluding hydrogens is 700 g/mol. The molecule has 0 N–H and O–H groups in total. The molecule has 2 bridgehead atoms. The molecule has 7 heterocycles. The molecule has 13 heteroatoms. The van der Waals surface area contributed by atoms with E-state index < -0.39 is 17.5 Å². The van der Waals surface area contributed by atoms with Crippen molar-refractivity contribution in [1.82, 2.24) is 29.7 Å². The molecule has 5 aliphatic heterocycles. The molecule has 5 saturated heterocycles. The van der Waals surface area contributed by atoms with Crippen molar-refractivity contribution in [3.05, 3.63) is 65.6 Å². The molecule has 0 radical (unpaired) electrons. The van der Waals surface area contributed by atoms with Crippen molar-refractivity contribution < 1.29 is 23.0 Å². The average molecular weight is 742 g/mol. The van der Waals surface area contributed by atoms with Crippen molar-refractivity contribution in [1.29, 1.82) is 0 Å². The lowest BCUT2D eigenvalue weighted by atomic mass is 9.95. The summed E-state index contributed by atoms with van der Waals surface area (Å²) >= 11 is 6.65. The van der Waals surface area contributed by atoms with Gasteiger partial charge in [-0.3, -0.25) is 19.6 Å². The number of aromatic nitrogens is 3. The van der Waals surface area contributed by atoms with Gasteiger partial charge < -0.3 is 19.3 Å². The van der Waals surface area contributed by atoms with Gasteiger partial charge in [-0.25, -0.2) is 8.78 Å². The lowest BCUT2D eigenvalue weighted by molar-refractivity contribution is -0.127. The normalized spacial score (nSPS) is 29.8. The predicted octanol–water partition coefficient (Wildman–Crippen LogP) is 5.80. The Morgan fingerprint density at radius 1 is 1.08 bits per heavy atom. The molecule has 1 amide bonds. The third-order valence-electron chi connectivity index (χ3n) is 12.6. The summed E-state index contributed by atoms with van der Waals surface area (Å²) in [4.78, 5) is 36.5. The number of morpholine rings is 1. The maximum atomic E-state index is 16.9. The van der Waals surface area contributed by atoms with Gasteiger partial charge in [-0.2, -0.15) is 9.97 Å². The first-order chi connectivity index (χ1) is 25.9. The standard InChI is InChI=1S/C40H42ClF2N7O3/c41-30-8-2-6-24-5-1-7-28(34(24)30)36-35(43)37-29(19-44-36)38(46-39(45-37)53-23-40-12-4-13-47(40)20-25(42)18-40)50-16-15-49(31-17-32(31)50)33(51)9-3-14-48-26-10-11-27(48)22-52-21-26/h1-3,5-9,19,25-27,31-32H,4,10-18,20-23H2/b9-3+/t25-,26?,27?,31?,32?,40+/m1/s1. The number of carbonyl (C=O) groups is 1. The zero-order valence-electron chi connectivity index (χ0n) is 29.5. The molecule has 2 aromatic heterocycles. The van der Waals surface area contributed by atoms with Crippen LogP contribution in [-0.4, -0.2) is 124 Å². The predicted molar refractivity (Wildman–Crippen MR) is 199 cm³/mol. The number of hydrogen-bond acceptors (Lipinski definition) is 9. The highest BCUT2D eigenvalue weighted by molar-refractivity contribution is 6.36. The first-order valence-corrected chi connectivity index (χ1v) is 19.4. The van der Waals surface area contributed by atoms with E-state index in [0.29, 0.717) is 65.3 Å². The third-order valence-corrected chi connectivity index (χ3v) is 12.9. The zero-order valence-corrected chi connectivity index (χ0v) is 30.2. The summed E-state index contributed by atoms with van der Waals surface area (Å²) in [6, 6.07) is 12.2. The second-order valence-corrected chi connectivity index (χ2v) is 16.0. The van der Waals surface area contributed by atoms with Gasteiger partial charge in [0, 0.05) is 72.9 Å². The quantitative estimate of drug-likeness (QED) is 0.208. The number of nitrogens with zero attached hydrogens (tertiary/aromatic N) is 7. The number of benzene rings is 2. The third kappa shape index (κ3) is 5.75. The molecule has 0 spiro atoms. The first-order valence-electron chi connectivity index (χ1n) is 19.0. The molecule has 4 unspecified atom stereocenters. The number of anilines is 1. The number of ether oxygens (including phenoxy) is 2. The first kappa shape index (κ1) is 33.6. The van der Waals surface area contributed by atoms with Gasteiger partial charge in [0.15, 0.2) is 5.82 Å². The minimum atomic E-state index is -0.902. The Morgan fingerprint density at radius 2 is 1.91 bits per heavy atom. The van der Waals surface area contributed by atoms with Gasteiger partial charge in [0.2, 0.25) is 5.91 Å². The summed E-state index contributed by atoms with van der Waals surface area (Å²) in [5.74, 6) is -0.0373. The monoisotopic (exact) mass is 741 g/mol. The van der Waals surface area contributed by atoms with Gasteiger partial charge in [0.25, 0.3) is 0 Å². The Labute approximate surface area is 311 Å². The van der Waals surface area contributed by atoms with Gasteiger partial charge in [0.05, 0.1) is 36.2 Å². The highest BCUT2D eigenvalue weighted by atomic mass is 35.5. The summed E-state index contributed by atoms with van der Waals surface area (Å²) in [5, 5.41) is 2.57. The number of amides is 1. The zero-order chi connectivity index (χ0) is 35.8. The van der Waals surface area contributed by atoms with Crippen molar-refractivity contribution in [2.24, 2.45) is 0 Å². The van der Waals surface area contributed by atoms with Crippen LogP contribution in [0.4, 0.5) is 14.6 Å². The fourth-order valence-corrected chi connectivity index (χ4v) is 10.2. The molecule has 6 aliphatic rings. The molecule has 276 valence electrons. The number of alkyl halides is 1. The van der Waals surface area contributed by atoms with Crippen LogP contribution < -0.4 is 9.64 Å².